The van der Waals surface area contributed by atoms with E-state index in [0.29, 0.717) is 6.54 Å². The van der Waals surface area contributed by atoms with Gasteiger partial charge in [-0.25, -0.2) is 0 Å². The number of nitrogens with one attached hydrogen (secondary N) is 2. The van der Waals surface area contributed by atoms with E-state index >= 15 is 0 Å². The van der Waals surface area contributed by atoms with Crippen molar-refractivity contribution < 1.29 is 14.7 Å². The van der Waals surface area contributed by atoms with Gasteiger partial charge in [-0.15, -0.1) is 0 Å². The van der Waals surface area contributed by atoms with Crippen LogP contribution in [-0.4, -0.2) is 29.5 Å². The van der Waals surface area contributed by atoms with Crippen molar-refractivity contribution in [3.63, 3.8) is 0 Å². The van der Waals surface area contributed by atoms with Gasteiger partial charge >= 0.3 is 0 Å². The van der Waals surface area contributed by atoms with Crippen molar-refractivity contribution >= 4 is 17.5 Å². The molecule has 0 bridgehead atoms. The van der Waals surface area contributed by atoms with E-state index in [4.69, 9.17) is 5.73 Å². The number of anilines is 1. The molecule has 0 fully saturated rings. The summed E-state index contributed by atoms with van der Waals surface area (Å²) < 4.78 is 0. The van der Waals surface area contributed by atoms with Crippen LogP contribution in [-0.2, 0) is 4.79 Å². The molecule has 6 heteroatoms. The number of carbonyl (C=O) groups is 2. The maximum Gasteiger partial charge on any atom is 0.252 e. The Morgan fingerprint density at radius 2 is 2.11 bits per heavy atom. The van der Waals surface area contributed by atoms with Crippen molar-refractivity contribution in [2.24, 2.45) is 0 Å². The van der Waals surface area contributed by atoms with E-state index in [1.54, 1.807) is 13.8 Å². The van der Waals surface area contributed by atoms with Crippen LogP contribution in [0.25, 0.3) is 0 Å². The molecule has 1 atom stereocenters. The molecule has 5 N–H and O–H groups in total. The van der Waals surface area contributed by atoms with E-state index in [-0.39, 0.29) is 22.9 Å². The van der Waals surface area contributed by atoms with Gasteiger partial charge in [-0.05, 0) is 32.0 Å². The Bertz CT molecular complexity index is 460. The molecule has 2 amide bonds. The van der Waals surface area contributed by atoms with Crippen LogP contribution in [0.1, 0.15) is 24.2 Å². The first kappa shape index (κ1) is 13.8. The van der Waals surface area contributed by atoms with Crippen molar-refractivity contribution in [2.75, 3.05) is 12.3 Å². The second-order valence-electron chi connectivity index (χ2n) is 3.86. The van der Waals surface area contributed by atoms with E-state index in [2.05, 4.69) is 10.6 Å². The largest absolute Gasteiger partial charge is 0.506 e. The highest BCUT2D eigenvalue weighted by Gasteiger charge is 2.16. The van der Waals surface area contributed by atoms with Crippen LogP contribution in [0, 0.1) is 0 Å². The van der Waals surface area contributed by atoms with E-state index in [9.17, 15) is 14.7 Å². The van der Waals surface area contributed by atoms with Crippen LogP contribution in [0.5, 0.6) is 5.75 Å². The lowest BCUT2D eigenvalue weighted by atomic mass is 10.1. The summed E-state index contributed by atoms with van der Waals surface area (Å²) >= 11 is 0. The van der Waals surface area contributed by atoms with Crippen LogP contribution < -0.4 is 16.4 Å². The van der Waals surface area contributed by atoms with Crippen molar-refractivity contribution in [1.29, 1.82) is 0 Å². The Balaban J connectivity index is 2.70. The summed E-state index contributed by atoms with van der Waals surface area (Å²) in [4.78, 5) is 23.2. The average molecular weight is 251 g/mol. The zero-order valence-electron chi connectivity index (χ0n) is 10.4. The molecule has 0 aliphatic heterocycles. The number of amides is 2. The first-order chi connectivity index (χ1) is 8.45. The number of phenolic OH excluding ortho intramolecular Hbond substituents is 1. The van der Waals surface area contributed by atoms with Gasteiger partial charge in [-0.2, -0.15) is 0 Å². The molecule has 0 saturated carbocycles. The summed E-state index contributed by atoms with van der Waals surface area (Å²) in [7, 11) is 0. The Hall–Kier alpha value is -2.24. The molecule has 0 heterocycles. The third kappa shape index (κ3) is 3.38. The molecule has 1 unspecified atom stereocenters. The summed E-state index contributed by atoms with van der Waals surface area (Å²) in [6.45, 7) is 3.88. The SMILES string of the molecule is CCNC(=O)C(C)NC(=O)c1ccc(N)c(O)c1. The second-order valence-corrected chi connectivity index (χ2v) is 3.86. The molecule has 0 radical (unpaired) electrons. The molecule has 6 nitrogen and oxygen atoms in total. The minimum Gasteiger partial charge on any atom is -0.506 e. The van der Waals surface area contributed by atoms with Crippen molar-refractivity contribution in [2.45, 2.75) is 19.9 Å². The number of phenols is 1. The maximum absolute atomic E-state index is 11.8. The lowest BCUT2D eigenvalue weighted by Crippen LogP contribution is -2.44. The number of hydrogen-bond acceptors (Lipinski definition) is 4. The molecular formula is C12H17N3O3. The van der Waals surface area contributed by atoms with Gasteiger partial charge < -0.3 is 21.5 Å². The van der Waals surface area contributed by atoms with E-state index in [1.807, 2.05) is 0 Å². The van der Waals surface area contributed by atoms with Crippen molar-refractivity contribution in [3.8, 4) is 5.75 Å². The molecule has 98 valence electrons. The van der Waals surface area contributed by atoms with Gasteiger partial charge in [0.1, 0.15) is 11.8 Å². The second kappa shape index (κ2) is 5.90. The smallest absolute Gasteiger partial charge is 0.252 e. The normalized spacial score (nSPS) is 11.7. The maximum atomic E-state index is 11.8. The number of carbonyl (C=O) groups excluding carboxylic acids is 2. The fourth-order valence-corrected chi connectivity index (χ4v) is 1.36. The summed E-state index contributed by atoms with van der Waals surface area (Å²) in [5.74, 6) is -0.858. The first-order valence-corrected chi connectivity index (χ1v) is 5.62. The van der Waals surface area contributed by atoms with Crippen LogP contribution in [0.4, 0.5) is 5.69 Å². The van der Waals surface area contributed by atoms with Gasteiger partial charge in [0.2, 0.25) is 5.91 Å². The summed E-state index contributed by atoms with van der Waals surface area (Å²) in [6.07, 6.45) is 0. The highest BCUT2D eigenvalue weighted by atomic mass is 16.3. The van der Waals surface area contributed by atoms with Crippen molar-refractivity contribution in [1.82, 2.24) is 10.6 Å². The molecule has 0 spiro atoms. The van der Waals surface area contributed by atoms with Crippen LogP contribution >= 0.6 is 0 Å². The number of benzene rings is 1. The van der Waals surface area contributed by atoms with Gasteiger partial charge in [-0.1, -0.05) is 0 Å². The van der Waals surface area contributed by atoms with Gasteiger partial charge in [0.15, 0.2) is 0 Å². The number of rotatable bonds is 4. The summed E-state index contributed by atoms with van der Waals surface area (Å²) in [5, 5.41) is 14.5. The third-order valence-corrected chi connectivity index (χ3v) is 2.38. The fraction of sp³-hybridized carbons (Fsp3) is 0.333. The van der Waals surface area contributed by atoms with E-state index < -0.39 is 11.9 Å². The quantitative estimate of drug-likeness (QED) is 0.454. The van der Waals surface area contributed by atoms with Crippen LogP contribution in [0.2, 0.25) is 0 Å². The molecular weight excluding hydrogens is 234 g/mol. The number of hydrogen-bond donors (Lipinski definition) is 4. The highest BCUT2D eigenvalue weighted by molar-refractivity contribution is 5.98. The van der Waals surface area contributed by atoms with E-state index in [0.717, 1.165) is 0 Å². The lowest BCUT2D eigenvalue weighted by Gasteiger charge is -2.13. The van der Waals surface area contributed by atoms with Gasteiger partial charge in [0, 0.05) is 12.1 Å². The molecule has 0 saturated heterocycles. The molecule has 18 heavy (non-hydrogen) atoms. The number of likely N-dealkylation sites (N-methyl/N-ethyl adjacent to an activating group) is 1. The van der Waals surface area contributed by atoms with Gasteiger partial charge in [-0.3, -0.25) is 9.59 Å². The molecule has 0 aliphatic rings. The van der Waals surface area contributed by atoms with Crippen LogP contribution in [0.3, 0.4) is 0 Å². The zero-order chi connectivity index (χ0) is 13.7. The minimum atomic E-state index is -0.642. The number of aromatic hydroxyl groups is 1. The Morgan fingerprint density at radius 1 is 1.44 bits per heavy atom. The summed E-state index contributed by atoms with van der Waals surface area (Å²) in [6, 6.07) is 3.53. The predicted octanol–water partition coefficient (Wildman–Crippen LogP) is 0.229. The Kier molecular flexibility index (Phi) is 4.53. The standard InChI is InChI=1S/C12H17N3O3/c1-3-14-11(17)7(2)15-12(18)8-4-5-9(13)10(16)6-8/h4-7,16H,3,13H2,1-2H3,(H,14,17)(H,15,18). The molecule has 1 aromatic rings. The zero-order valence-corrected chi connectivity index (χ0v) is 10.4. The molecule has 1 aromatic carbocycles. The van der Waals surface area contributed by atoms with Gasteiger partial charge in [0.05, 0.1) is 5.69 Å². The lowest BCUT2D eigenvalue weighted by molar-refractivity contribution is -0.122. The topological polar surface area (TPSA) is 104 Å². The Morgan fingerprint density at radius 3 is 2.67 bits per heavy atom. The molecule has 1 rings (SSSR count). The molecule has 0 aliphatic carbocycles. The Labute approximate surface area is 105 Å². The summed E-state index contributed by atoms with van der Waals surface area (Å²) in [5.41, 5.74) is 5.88. The average Bonchev–Trinajstić information content (AvgIpc) is 2.32. The first-order valence-electron chi connectivity index (χ1n) is 5.62. The number of nitrogens with two attached hydrogens (primary N) is 1. The predicted molar refractivity (Wildman–Crippen MR) is 68.1 cm³/mol. The monoisotopic (exact) mass is 251 g/mol. The number of nitrogen functional groups attached to an aromatic ring is 1. The fourth-order valence-electron chi connectivity index (χ4n) is 1.36. The van der Waals surface area contributed by atoms with Crippen LogP contribution in [0.15, 0.2) is 18.2 Å². The molecule has 0 aromatic heterocycles. The van der Waals surface area contributed by atoms with E-state index in [1.165, 1.54) is 18.2 Å². The minimum absolute atomic E-state index is 0.159. The van der Waals surface area contributed by atoms with Gasteiger partial charge in [0.25, 0.3) is 5.91 Å². The third-order valence-electron chi connectivity index (χ3n) is 2.38. The van der Waals surface area contributed by atoms with Crippen molar-refractivity contribution in [3.05, 3.63) is 23.8 Å². The highest BCUT2D eigenvalue weighted by Crippen LogP contribution is 2.20.